The molecule has 1 saturated carbocycles. The molecule has 1 aliphatic rings. The van der Waals surface area contributed by atoms with Crippen LogP contribution in [0.4, 0.5) is 0 Å². The van der Waals surface area contributed by atoms with E-state index in [0.717, 1.165) is 44.0 Å². The molecule has 1 aromatic heterocycles. The van der Waals surface area contributed by atoms with E-state index in [4.69, 9.17) is 16.3 Å². The van der Waals surface area contributed by atoms with Crippen LogP contribution < -0.4 is 10.1 Å². The fourth-order valence-electron chi connectivity index (χ4n) is 1.81. The summed E-state index contributed by atoms with van der Waals surface area (Å²) in [7, 11) is 0. The van der Waals surface area contributed by atoms with Crippen molar-refractivity contribution in [2.45, 2.75) is 39.2 Å². The van der Waals surface area contributed by atoms with Crippen LogP contribution in [0.25, 0.3) is 0 Å². The minimum absolute atomic E-state index is 0.566. The molecule has 0 bridgehead atoms. The van der Waals surface area contributed by atoms with Gasteiger partial charge in [-0.15, -0.1) is 0 Å². The number of ether oxygens (including phenoxy) is 1. The summed E-state index contributed by atoms with van der Waals surface area (Å²) in [6, 6.07) is 1.93. The Hall–Kier alpha value is -0.800. The molecular formula is C14H21ClN2O. The third kappa shape index (κ3) is 4.46. The van der Waals surface area contributed by atoms with E-state index in [1.807, 2.05) is 12.3 Å². The lowest BCUT2D eigenvalue weighted by Gasteiger charge is -2.08. The molecule has 1 heterocycles. The van der Waals surface area contributed by atoms with Crippen LogP contribution >= 0.6 is 11.6 Å². The highest BCUT2D eigenvalue weighted by atomic mass is 35.5. The first-order chi connectivity index (χ1) is 8.79. The number of halogens is 1. The Morgan fingerprint density at radius 1 is 1.50 bits per heavy atom. The number of pyridine rings is 1. The van der Waals surface area contributed by atoms with Gasteiger partial charge in [0.05, 0.1) is 6.61 Å². The maximum Gasteiger partial charge on any atom is 0.232 e. The second-order valence-electron chi connectivity index (χ2n) is 4.89. The predicted molar refractivity (Wildman–Crippen MR) is 74.1 cm³/mol. The zero-order chi connectivity index (χ0) is 12.8. The summed E-state index contributed by atoms with van der Waals surface area (Å²) in [4.78, 5) is 4.28. The zero-order valence-corrected chi connectivity index (χ0v) is 11.7. The number of nitrogens with zero attached hydrogens (tertiary/aromatic N) is 1. The number of aromatic nitrogens is 1. The number of nitrogens with one attached hydrogen (secondary N) is 1. The first-order valence-corrected chi connectivity index (χ1v) is 7.15. The lowest BCUT2D eigenvalue weighted by atomic mass is 10.3. The van der Waals surface area contributed by atoms with E-state index >= 15 is 0 Å². The van der Waals surface area contributed by atoms with Gasteiger partial charge in [-0.25, -0.2) is 4.98 Å². The van der Waals surface area contributed by atoms with Crippen LogP contribution in [-0.2, 0) is 6.54 Å². The fraction of sp³-hybridized carbons (Fsp3) is 0.643. The third-order valence-electron chi connectivity index (χ3n) is 3.08. The molecule has 0 saturated heterocycles. The van der Waals surface area contributed by atoms with E-state index in [-0.39, 0.29) is 0 Å². The summed E-state index contributed by atoms with van der Waals surface area (Å²) in [6.07, 6.45) is 6.79. The van der Waals surface area contributed by atoms with Gasteiger partial charge in [0.25, 0.3) is 0 Å². The number of rotatable bonds is 8. The van der Waals surface area contributed by atoms with Crippen molar-refractivity contribution in [1.82, 2.24) is 10.3 Å². The van der Waals surface area contributed by atoms with Crippen LogP contribution in [0.5, 0.6) is 5.88 Å². The summed E-state index contributed by atoms with van der Waals surface area (Å²) in [5.74, 6) is 1.44. The first-order valence-electron chi connectivity index (χ1n) is 6.77. The Morgan fingerprint density at radius 2 is 2.33 bits per heavy atom. The minimum Gasteiger partial charge on any atom is -0.477 e. The molecular weight excluding hydrogens is 248 g/mol. The normalized spacial score (nSPS) is 14.8. The summed E-state index contributed by atoms with van der Waals surface area (Å²) in [5.41, 5.74) is 1.10. The van der Waals surface area contributed by atoms with Crippen LogP contribution in [0.2, 0.25) is 5.02 Å². The Morgan fingerprint density at radius 3 is 3.00 bits per heavy atom. The standard InChI is InChI=1S/C14H21ClN2O/c1-2-6-16-9-12-8-13(15)14(17-10-12)18-7-5-11-3-4-11/h8,10-11,16H,2-7,9H2,1H3. The van der Waals surface area contributed by atoms with Crippen molar-refractivity contribution in [3.8, 4) is 5.88 Å². The molecule has 3 nitrogen and oxygen atoms in total. The smallest absolute Gasteiger partial charge is 0.232 e. The lowest BCUT2D eigenvalue weighted by molar-refractivity contribution is 0.291. The minimum atomic E-state index is 0.566. The van der Waals surface area contributed by atoms with Crippen molar-refractivity contribution >= 4 is 11.6 Å². The van der Waals surface area contributed by atoms with Gasteiger partial charge in [0.15, 0.2) is 0 Å². The molecule has 0 aromatic carbocycles. The second-order valence-corrected chi connectivity index (χ2v) is 5.30. The van der Waals surface area contributed by atoms with Crippen molar-refractivity contribution in [1.29, 1.82) is 0 Å². The predicted octanol–water partition coefficient (Wildman–Crippen LogP) is 3.41. The van der Waals surface area contributed by atoms with Crippen molar-refractivity contribution < 1.29 is 4.74 Å². The molecule has 2 rings (SSSR count). The zero-order valence-electron chi connectivity index (χ0n) is 10.9. The monoisotopic (exact) mass is 268 g/mol. The fourth-order valence-corrected chi connectivity index (χ4v) is 2.05. The molecule has 0 atom stereocenters. The van der Waals surface area contributed by atoms with Crippen LogP contribution in [0.15, 0.2) is 12.3 Å². The average Bonchev–Trinajstić information content (AvgIpc) is 3.16. The van der Waals surface area contributed by atoms with Gasteiger partial charge in [0.2, 0.25) is 5.88 Å². The maximum atomic E-state index is 6.16. The van der Waals surface area contributed by atoms with Gasteiger partial charge < -0.3 is 10.1 Å². The van der Waals surface area contributed by atoms with Gasteiger partial charge >= 0.3 is 0 Å². The largest absolute Gasteiger partial charge is 0.477 e. The van der Waals surface area contributed by atoms with E-state index in [9.17, 15) is 0 Å². The van der Waals surface area contributed by atoms with Gasteiger partial charge in [-0.1, -0.05) is 31.4 Å². The van der Waals surface area contributed by atoms with Crippen LogP contribution in [-0.4, -0.2) is 18.1 Å². The SMILES string of the molecule is CCCNCc1cnc(OCCC2CC2)c(Cl)c1. The van der Waals surface area contributed by atoms with Crippen molar-refractivity contribution in [2.75, 3.05) is 13.2 Å². The van der Waals surface area contributed by atoms with Gasteiger partial charge in [0.1, 0.15) is 5.02 Å². The third-order valence-corrected chi connectivity index (χ3v) is 3.35. The van der Waals surface area contributed by atoms with Crippen molar-refractivity contribution in [2.24, 2.45) is 5.92 Å². The summed E-state index contributed by atoms with van der Waals surface area (Å²) in [5, 5.41) is 3.94. The molecule has 1 aliphatic carbocycles. The molecule has 18 heavy (non-hydrogen) atoms. The Balaban J connectivity index is 1.79. The van der Waals surface area contributed by atoms with E-state index < -0.39 is 0 Å². The van der Waals surface area contributed by atoms with Gasteiger partial charge in [-0.05, 0) is 36.9 Å². The highest BCUT2D eigenvalue weighted by Gasteiger charge is 2.20. The molecule has 0 unspecified atom stereocenters. The summed E-state index contributed by atoms with van der Waals surface area (Å²) < 4.78 is 5.60. The first kappa shape index (κ1) is 13.6. The van der Waals surface area contributed by atoms with Gasteiger partial charge in [0, 0.05) is 12.7 Å². The van der Waals surface area contributed by atoms with E-state index in [2.05, 4.69) is 17.2 Å². The molecule has 1 aromatic rings. The highest BCUT2D eigenvalue weighted by molar-refractivity contribution is 6.31. The molecule has 4 heteroatoms. The average molecular weight is 269 g/mol. The van der Waals surface area contributed by atoms with E-state index in [1.165, 1.54) is 12.8 Å². The second kappa shape index (κ2) is 6.95. The molecule has 0 radical (unpaired) electrons. The number of hydrogen-bond donors (Lipinski definition) is 1. The Bertz CT molecular complexity index is 380. The van der Waals surface area contributed by atoms with Crippen LogP contribution in [0, 0.1) is 5.92 Å². The Kier molecular flexibility index (Phi) is 5.26. The molecule has 100 valence electrons. The number of hydrogen-bond acceptors (Lipinski definition) is 3. The highest BCUT2D eigenvalue weighted by Crippen LogP contribution is 2.32. The van der Waals surface area contributed by atoms with Crippen LogP contribution in [0.3, 0.4) is 0 Å². The maximum absolute atomic E-state index is 6.16. The van der Waals surface area contributed by atoms with Gasteiger partial charge in [-0.2, -0.15) is 0 Å². The van der Waals surface area contributed by atoms with E-state index in [1.54, 1.807) is 0 Å². The van der Waals surface area contributed by atoms with Crippen LogP contribution in [0.1, 0.15) is 38.2 Å². The van der Waals surface area contributed by atoms with Crippen molar-refractivity contribution in [3.05, 3.63) is 22.8 Å². The summed E-state index contributed by atoms with van der Waals surface area (Å²) in [6.45, 7) is 4.69. The Labute approximate surface area is 114 Å². The molecule has 0 amide bonds. The molecule has 0 aliphatic heterocycles. The molecule has 1 fully saturated rings. The quantitative estimate of drug-likeness (QED) is 0.734. The topological polar surface area (TPSA) is 34.2 Å². The lowest BCUT2D eigenvalue weighted by Crippen LogP contribution is -2.14. The molecule has 1 N–H and O–H groups in total. The van der Waals surface area contributed by atoms with Crippen molar-refractivity contribution in [3.63, 3.8) is 0 Å². The van der Waals surface area contributed by atoms with Gasteiger partial charge in [-0.3, -0.25) is 0 Å². The van der Waals surface area contributed by atoms with E-state index in [0.29, 0.717) is 10.9 Å². The molecule has 0 spiro atoms. The summed E-state index contributed by atoms with van der Waals surface area (Å²) >= 11 is 6.16.